The monoisotopic (exact) mass is 386 g/mol. The highest BCUT2D eigenvalue weighted by atomic mass is 32.2. The number of carbonyl (C=O) groups excluding carboxylic acids is 2. The third kappa shape index (κ3) is 3.60. The number of amides is 2. The minimum atomic E-state index is -3.70. The molecule has 0 aliphatic carbocycles. The maximum atomic E-state index is 12.5. The fourth-order valence-electron chi connectivity index (χ4n) is 3.15. The van der Waals surface area contributed by atoms with Gasteiger partial charge in [0.25, 0.3) is 5.91 Å². The highest BCUT2D eigenvalue weighted by molar-refractivity contribution is 7.94. The fourth-order valence-corrected chi connectivity index (χ4v) is 5.26. The zero-order valence-electron chi connectivity index (χ0n) is 15.5. The summed E-state index contributed by atoms with van der Waals surface area (Å²) in [5.74, 6) is -0.982. The van der Waals surface area contributed by atoms with E-state index in [2.05, 4.69) is 5.32 Å². The van der Waals surface area contributed by atoms with E-state index in [1.165, 1.54) is 24.3 Å². The summed E-state index contributed by atoms with van der Waals surface area (Å²) >= 11 is 0. The number of hydrogen-bond acceptors (Lipinski definition) is 4. The third-order valence-electron chi connectivity index (χ3n) is 4.60. The van der Waals surface area contributed by atoms with E-state index >= 15 is 0 Å². The van der Waals surface area contributed by atoms with Gasteiger partial charge in [-0.3, -0.25) is 9.59 Å². The van der Waals surface area contributed by atoms with Gasteiger partial charge < -0.3 is 5.32 Å². The van der Waals surface area contributed by atoms with E-state index in [9.17, 15) is 18.0 Å². The van der Waals surface area contributed by atoms with Gasteiger partial charge in [0.05, 0.1) is 16.9 Å². The summed E-state index contributed by atoms with van der Waals surface area (Å²) in [4.78, 5) is 24.9. The van der Waals surface area contributed by atoms with Crippen molar-refractivity contribution < 1.29 is 18.0 Å². The Hall–Kier alpha value is -2.67. The predicted molar refractivity (Wildman–Crippen MR) is 105 cm³/mol. The molecule has 2 aromatic carbocycles. The van der Waals surface area contributed by atoms with Crippen molar-refractivity contribution in [1.82, 2.24) is 0 Å². The van der Waals surface area contributed by atoms with Crippen molar-refractivity contribution in [2.75, 3.05) is 15.4 Å². The van der Waals surface area contributed by atoms with Crippen molar-refractivity contribution in [2.24, 2.45) is 5.41 Å². The number of carbonyl (C=O) groups is 2. The average Bonchev–Trinajstić information content (AvgIpc) is 2.78. The van der Waals surface area contributed by atoms with Gasteiger partial charge >= 0.3 is 0 Å². The number of rotatable bonds is 4. The molecule has 0 radical (unpaired) electrons. The maximum Gasteiger partial charge on any atom is 0.255 e. The Balaban J connectivity index is 1.83. The Morgan fingerprint density at radius 2 is 1.74 bits per heavy atom. The van der Waals surface area contributed by atoms with Crippen LogP contribution in [0.15, 0.2) is 48.5 Å². The van der Waals surface area contributed by atoms with Crippen LogP contribution in [0.2, 0.25) is 0 Å². The molecule has 6 nitrogen and oxygen atoms in total. The first-order valence-electron chi connectivity index (χ1n) is 8.72. The molecule has 2 amide bonds. The number of hydrogen-bond donors (Lipinski definition) is 1. The SMILES string of the molecule is CCc1ccccc1NC(=O)c1ccc(N2C(=O)C(C)(C)CS2(=O)=O)cc1. The van der Waals surface area contributed by atoms with Crippen LogP contribution < -0.4 is 9.62 Å². The first kappa shape index (κ1) is 19.1. The standard InChI is InChI=1S/C20H22N2O4S/c1-4-14-7-5-6-8-17(14)21-18(23)15-9-11-16(12-10-15)22-19(24)20(2,3)13-27(22,25)26/h5-12H,4,13H2,1-3H3,(H,21,23). The van der Waals surface area contributed by atoms with Crippen molar-refractivity contribution in [2.45, 2.75) is 27.2 Å². The van der Waals surface area contributed by atoms with E-state index in [0.29, 0.717) is 5.56 Å². The molecule has 2 aromatic rings. The molecule has 142 valence electrons. The summed E-state index contributed by atoms with van der Waals surface area (Å²) < 4.78 is 25.5. The number of nitrogens with zero attached hydrogens (tertiary/aromatic N) is 1. The number of nitrogens with one attached hydrogen (secondary N) is 1. The molecule has 0 aromatic heterocycles. The quantitative estimate of drug-likeness (QED) is 0.875. The number of para-hydroxylation sites is 1. The van der Waals surface area contributed by atoms with Crippen LogP contribution in [0.5, 0.6) is 0 Å². The Bertz CT molecular complexity index is 995. The van der Waals surface area contributed by atoms with Gasteiger partial charge in [-0.2, -0.15) is 0 Å². The Morgan fingerprint density at radius 3 is 2.30 bits per heavy atom. The van der Waals surface area contributed by atoms with Crippen molar-refractivity contribution in [3.8, 4) is 0 Å². The Morgan fingerprint density at radius 1 is 1.11 bits per heavy atom. The van der Waals surface area contributed by atoms with Crippen LogP contribution in [0.3, 0.4) is 0 Å². The first-order chi connectivity index (χ1) is 12.7. The zero-order chi connectivity index (χ0) is 19.8. The summed E-state index contributed by atoms with van der Waals surface area (Å²) in [5, 5.41) is 2.87. The van der Waals surface area contributed by atoms with Crippen LogP contribution in [0, 0.1) is 5.41 Å². The van der Waals surface area contributed by atoms with Gasteiger partial charge in [0.2, 0.25) is 15.9 Å². The van der Waals surface area contributed by atoms with Crippen molar-refractivity contribution >= 4 is 33.2 Å². The lowest BCUT2D eigenvalue weighted by Gasteiger charge is -2.17. The zero-order valence-corrected chi connectivity index (χ0v) is 16.3. The number of sulfonamides is 1. The topological polar surface area (TPSA) is 83.6 Å². The van der Waals surface area contributed by atoms with Crippen LogP contribution in [0.1, 0.15) is 36.7 Å². The second-order valence-corrected chi connectivity index (χ2v) is 9.04. The molecular weight excluding hydrogens is 364 g/mol. The molecule has 0 atom stereocenters. The minimum Gasteiger partial charge on any atom is -0.322 e. The van der Waals surface area contributed by atoms with E-state index in [1.807, 2.05) is 31.2 Å². The molecule has 1 N–H and O–H groups in total. The molecule has 0 unspecified atom stereocenters. The van der Waals surface area contributed by atoms with Gasteiger partial charge in [-0.05, 0) is 56.2 Å². The third-order valence-corrected chi connectivity index (χ3v) is 6.61. The van der Waals surface area contributed by atoms with Gasteiger partial charge in [-0.15, -0.1) is 0 Å². The number of aryl methyl sites for hydroxylation is 1. The molecule has 7 heteroatoms. The molecule has 1 aliphatic rings. The smallest absolute Gasteiger partial charge is 0.255 e. The first-order valence-corrected chi connectivity index (χ1v) is 10.3. The molecule has 1 fully saturated rings. The summed E-state index contributed by atoms with van der Waals surface area (Å²) in [7, 11) is -3.70. The van der Waals surface area contributed by atoms with E-state index in [-0.39, 0.29) is 17.3 Å². The molecule has 0 saturated carbocycles. The predicted octanol–water partition coefficient (Wildman–Crippen LogP) is 3.20. The van der Waals surface area contributed by atoms with E-state index in [4.69, 9.17) is 0 Å². The minimum absolute atomic E-state index is 0.227. The van der Waals surface area contributed by atoms with Crippen LogP contribution >= 0.6 is 0 Å². The molecule has 1 aliphatic heterocycles. The van der Waals surface area contributed by atoms with Gasteiger partial charge in [-0.1, -0.05) is 25.1 Å². The summed E-state index contributed by atoms with van der Waals surface area (Å²) in [6.07, 6.45) is 0.792. The molecule has 0 bridgehead atoms. The number of benzene rings is 2. The normalized spacial score (nSPS) is 17.7. The maximum absolute atomic E-state index is 12.5. The fraction of sp³-hybridized carbons (Fsp3) is 0.300. The van der Waals surface area contributed by atoms with Crippen LogP contribution in [-0.2, 0) is 21.2 Å². The molecule has 3 rings (SSSR count). The van der Waals surface area contributed by atoms with Gasteiger partial charge in [-0.25, -0.2) is 12.7 Å². The van der Waals surface area contributed by atoms with E-state index in [1.54, 1.807) is 13.8 Å². The van der Waals surface area contributed by atoms with Crippen LogP contribution in [0.4, 0.5) is 11.4 Å². The summed E-state index contributed by atoms with van der Waals surface area (Å²) in [6, 6.07) is 13.6. The van der Waals surface area contributed by atoms with Crippen molar-refractivity contribution in [3.63, 3.8) is 0 Å². The van der Waals surface area contributed by atoms with E-state index < -0.39 is 21.3 Å². The van der Waals surface area contributed by atoms with Gasteiger partial charge in [0, 0.05) is 11.3 Å². The largest absolute Gasteiger partial charge is 0.322 e. The highest BCUT2D eigenvalue weighted by Gasteiger charge is 2.49. The van der Waals surface area contributed by atoms with E-state index in [0.717, 1.165) is 22.0 Å². The van der Waals surface area contributed by atoms with Gasteiger partial charge in [0.15, 0.2) is 0 Å². The lowest BCUT2D eigenvalue weighted by molar-refractivity contribution is -0.123. The molecule has 1 saturated heterocycles. The molecule has 1 heterocycles. The summed E-state index contributed by atoms with van der Waals surface area (Å²) in [6.45, 7) is 5.23. The molecule has 27 heavy (non-hydrogen) atoms. The number of anilines is 2. The molecular formula is C20H22N2O4S. The lowest BCUT2D eigenvalue weighted by atomic mass is 9.95. The van der Waals surface area contributed by atoms with Gasteiger partial charge in [0.1, 0.15) is 0 Å². The van der Waals surface area contributed by atoms with Crippen molar-refractivity contribution in [1.29, 1.82) is 0 Å². The highest BCUT2D eigenvalue weighted by Crippen LogP contribution is 2.35. The Labute approximate surface area is 159 Å². The second kappa shape index (κ2) is 6.81. The summed E-state index contributed by atoms with van der Waals surface area (Å²) in [5.41, 5.74) is 1.44. The molecule has 0 spiro atoms. The average molecular weight is 386 g/mol. The van der Waals surface area contributed by atoms with Crippen molar-refractivity contribution in [3.05, 3.63) is 59.7 Å². The van der Waals surface area contributed by atoms with Crippen LogP contribution in [0.25, 0.3) is 0 Å². The Kier molecular flexibility index (Phi) is 4.82. The second-order valence-electron chi connectivity index (χ2n) is 7.22. The van der Waals surface area contributed by atoms with Crippen LogP contribution in [-0.4, -0.2) is 26.0 Å². The lowest BCUT2D eigenvalue weighted by Crippen LogP contribution is -2.32.